The molecule has 0 radical (unpaired) electrons. The lowest BCUT2D eigenvalue weighted by Gasteiger charge is -2.34. The van der Waals surface area contributed by atoms with Crippen molar-refractivity contribution in [1.29, 1.82) is 0 Å². The van der Waals surface area contributed by atoms with Crippen molar-refractivity contribution in [3.63, 3.8) is 0 Å². The van der Waals surface area contributed by atoms with E-state index in [9.17, 15) is 9.59 Å². The predicted molar refractivity (Wildman–Crippen MR) is 99.5 cm³/mol. The number of fused-ring (bicyclic) bond motifs is 3. The van der Waals surface area contributed by atoms with Crippen LogP contribution in [0.2, 0.25) is 0 Å². The number of likely N-dealkylation sites (tertiary alicyclic amines) is 1. The Morgan fingerprint density at radius 3 is 2.69 bits per heavy atom. The summed E-state index contributed by atoms with van der Waals surface area (Å²) in [5.41, 5.74) is 2.22. The molecule has 5 heteroatoms. The van der Waals surface area contributed by atoms with Gasteiger partial charge in [0, 0.05) is 30.1 Å². The highest BCUT2D eigenvalue weighted by Gasteiger charge is 2.25. The Morgan fingerprint density at radius 2 is 1.92 bits per heavy atom. The minimum atomic E-state index is -0.241. The van der Waals surface area contributed by atoms with Crippen molar-refractivity contribution in [3.05, 3.63) is 39.7 Å². The lowest BCUT2D eigenvalue weighted by atomic mass is 9.92. The van der Waals surface area contributed by atoms with Crippen LogP contribution >= 0.6 is 0 Å². The standard InChI is InChI=1S/C21H25NO4/c1-13-8-14(2)11-22(10-13)20(23)12-25-15-6-7-17-16-4-3-5-18(16)21(24)26-19(17)9-15/h6-7,9,13-14H,3-5,8,10-12H2,1-2H3/t13-,14-/m1/s1. The number of aryl methyl sites for hydroxylation is 1. The van der Waals surface area contributed by atoms with Crippen LogP contribution in [-0.2, 0) is 17.6 Å². The molecule has 2 heterocycles. The molecule has 1 aromatic heterocycles. The van der Waals surface area contributed by atoms with Crippen LogP contribution in [0.1, 0.15) is 37.8 Å². The minimum absolute atomic E-state index is 0.0129. The van der Waals surface area contributed by atoms with E-state index in [4.69, 9.17) is 9.15 Å². The quantitative estimate of drug-likeness (QED) is 0.794. The van der Waals surface area contributed by atoms with E-state index in [0.29, 0.717) is 23.2 Å². The lowest BCUT2D eigenvalue weighted by Crippen LogP contribution is -2.44. The minimum Gasteiger partial charge on any atom is -0.484 e. The summed E-state index contributed by atoms with van der Waals surface area (Å²) in [5, 5.41) is 0.981. The van der Waals surface area contributed by atoms with Crippen LogP contribution < -0.4 is 10.4 Å². The molecule has 1 aromatic carbocycles. The zero-order valence-corrected chi connectivity index (χ0v) is 15.4. The van der Waals surface area contributed by atoms with Crippen molar-refractivity contribution in [2.24, 2.45) is 11.8 Å². The summed E-state index contributed by atoms with van der Waals surface area (Å²) in [5.74, 6) is 1.63. The molecule has 26 heavy (non-hydrogen) atoms. The normalized spacial score (nSPS) is 22.5. The van der Waals surface area contributed by atoms with Gasteiger partial charge in [0.2, 0.25) is 0 Å². The molecule has 0 spiro atoms. The Morgan fingerprint density at radius 1 is 1.19 bits per heavy atom. The molecular formula is C21H25NO4. The summed E-state index contributed by atoms with van der Waals surface area (Å²) in [7, 11) is 0. The van der Waals surface area contributed by atoms with Crippen LogP contribution in [0.15, 0.2) is 27.4 Å². The molecule has 1 fully saturated rings. The number of carbonyl (C=O) groups is 1. The molecule has 2 aliphatic rings. The van der Waals surface area contributed by atoms with Gasteiger partial charge in [0.25, 0.3) is 5.91 Å². The number of rotatable bonds is 3. The van der Waals surface area contributed by atoms with Crippen molar-refractivity contribution in [2.45, 2.75) is 39.5 Å². The van der Waals surface area contributed by atoms with E-state index in [0.717, 1.165) is 48.9 Å². The number of ether oxygens (including phenoxy) is 1. The number of hydrogen-bond acceptors (Lipinski definition) is 4. The van der Waals surface area contributed by atoms with Crippen molar-refractivity contribution in [3.8, 4) is 5.75 Å². The van der Waals surface area contributed by atoms with Gasteiger partial charge >= 0.3 is 5.63 Å². The van der Waals surface area contributed by atoms with Gasteiger partial charge in [0.05, 0.1) is 0 Å². The van der Waals surface area contributed by atoms with Crippen LogP contribution in [0.4, 0.5) is 0 Å². The number of piperidine rings is 1. The SMILES string of the molecule is C[C@@H]1C[C@@H](C)CN(C(=O)COc2ccc3c4c(c(=O)oc3c2)CCC4)C1. The number of amides is 1. The Labute approximate surface area is 152 Å². The fourth-order valence-corrected chi connectivity index (χ4v) is 4.46. The second-order valence-corrected chi connectivity index (χ2v) is 7.89. The lowest BCUT2D eigenvalue weighted by molar-refractivity contribution is -0.136. The Balaban J connectivity index is 1.49. The zero-order valence-electron chi connectivity index (χ0n) is 15.4. The van der Waals surface area contributed by atoms with E-state index in [-0.39, 0.29) is 18.1 Å². The molecule has 138 valence electrons. The largest absolute Gasteiger partial charge is 0.484 e. The summed E-state index contributed by atoms with van der Waals surface area (Å²) in [6, 6.07) is 5.52. The van der Waals surface area contributed by atoms with Crippen LogP contribution in [0, 0.1) is 11.8 Å². The average molecular weight is 355 g/mol. The van der Waals surface area contributed by atoms with Crippen molar-refractivity contribution in [1.82, 2.24) is 4.90 Å². The Kier molecular flexibility index (Phi) is 4.47. The van der Waals surface area contributed by atoms with E-state index in [1.165, 1.54) is 6.42 Å². The predicted octanol–water partition coefficient (Wildman–Crippen LogP) is 3.17. The number of carbonyl (C=O) groups excluding carboxylic acids is 1. The third-order valence-electron chi connectivity index (χ3n) is 5.53. The third kappa shape index (κ3) is 3.22. The maximum atomic E-state index is 12.5. The van der Waals surface area contributed by atoms with Gasteiger partial charge in [-0.25, -0.2) is 4.79 Å². The molecule has 2 atom stereocenters. The van der Waals surface area contributed by atoms with Gasteiger partial charge in [-0.1, -0.05) is 13.8 Å². The summed E-state index contributed by atoms with van der Waals surface area (Å²) in [6.07, 6.45) is 3.88. The van der Waals surface area contributed by atoms with Crippen molar-refractivity contribution >= 4 is 16.9 Å². The molecule has 1 saturated heterocycles. The number of nitrogens with zero attached hydrogens (tertiary/aromatic N) is 1. The maximum Gasteiger partial charge on any atom is 0.339 e. The van der Waals surface area contributed by atoms with Gasteiger partial charge in [0.15, 0.2) is 6.61 Å². The molecule has 0 saturated carbocycles. The van der Waals surface area contributed by atoms with E-state index >= 15 is 0 Å². The summed E-state index contributed by atoms with van der Waals surface area (Å²) >= 11 is 0. The number of hydrogen-bond donors (Lipinski definition) is 0. The molecular weight excluding hydrogens is 330 g/mol. The first kappa shape index (κ1) is 17.1. The van der Waals surface area contributed by atoms with Crippen LogP contribution in [-0.4, -0.2) is 30.5 Å². The molecule has 4 rings (SSSR count). The maximum absolute atomic E-state index is 12.5. The van der Waals surface area contributed by atoms with Gasteiger partial charge in [-0.15, -0.1) is 0 Å². The molecule has 0 bridgehead atoms. The fraction of sp³-hybridized carbons (Fsp3) is 0.524. The molecule has 2 aromatic rings. The Hall–Kier alpha value is -2.30. The van der Waals surface area contributed by atoms with Gasteiger partial charge in [-0.2, -0.15) is 0 Å². The van der Waals surface area contributed by atoms with E-state index in [1.807, 2.05) is 17.0 Å². The highest BCUT2D eigenvalue weighted by atomic mass is 16.5. The molecule has 1 aliphatic carbocycles. The molecule has 1 amide bonds. The summed E-state index contributed by atoms with van der Waals surface area (Å²) in [4.78, 5) is 26.5. The third-order valence-corrected chi connectivity index (χ3v) is 5.53. The van der Waals surface area contributed by atoms with E-state index < -0.39 is 0 Å². The average Bonchev–Trinajstić information content (AvgIpc) is 3.09. The van der Waals surface area contributed by atoms with Crippen LogP contribution in [0.25, 0.3) is 11.0 Å². The first-order valence-corrected chi connectivity index (χ1v) is 9.50. The van der Waals surface area contributed by atoms with Gasteiger partial charge < -0.3 is 14.1 Å². The Bertz CT molecular complexity index is 891. The second kappa shape index (κ2) is 6.78. The number of benzene rings is 1. The smallest absolute Gasteiger partial charge is 0.339 e. The first-order valence-electron chi connectivity index (χ1n) is 9.50. The van der Waals surface area contributed by atoms with Crippen LogP contribution in [0.3, 0.4) is 0 Å². The van der Waals surface area contributed by atoms with Gasteiger partial charge in [-0.05, 0) is 55.2 Å². The van der Waals surface area contributed by atoms with Crippen molar-refractivity contribution in [2.75, 3.05) is 19.7 Å². The zero-order chi connectivity index (χ0) is 18.3. The second-order valence-electron chi connectivity index (χ2n) is 7.89. The molecule has 1 aliphatic heterocycles. The fourth-order valence-electron chi connectivity index (χ4n) is 4.46. The van der Waals surface area contributed by atoms with Crippen molar-refractivity contribution < 1.29 is 13.9 Å². The van der Waals surface area contributed by atoms with Gasteiger partial charge in [-0.3, -0.25) is 4.79 Å². The highest BCUT2D eigenvalue weighted by molar-refractivity contribution is 5.83. The summed E-state index contributed by atoms with van der Waals surface area (Å²) in [6.45, 7) is 5.97. The van der Waals surface area contributed by atoms with Crippen LogP contribution in [0.5, 0.6) is 5.75 Å². The topological polar surface area (TPSA) is 59.8 Å². The molecule has 0 N–H and O–H groups in total. The van der Waals surface area contributed by atoms with E-state index in [2.05, 4.69) is 13.8 Å². The summed E-state index contributed by atoms with van der Waals surface area (Å²) < 4.78 is 11.2. The highest BCUT2D eigenvalue weighted by Crippen LogP contribution is 2.29. The molecule has 5 nitrogen and oxygen atoms in total. The first-order chi connectivity index (χ1) is 12.5. The van der Waals surface area contributed by atoms with Gasteiger partial charge in [0.1, 0.15) is 11.3 Å². The monoisotopic (exact) mass is 355 g/mol. The van der Waals surface area contributed by atoms with E-state index in [1.54, 1.807) is 6.07 Å². The molecule has 0 unspecified atom stereocenters.